The molecule has 0 aliphatic heterocycles. The highest BCUT2D eigenvalue weighted by molar-refractivity contribution is 7.91. The third kappa shape index (κ3) is 3.81. The molecule has 0 aliphatic rings. The highest BCUT2D eigenvalue weighted by atomic mass is 35.5. The first-order chi connectivity index (χ1) is 8.58. The molecule has 0 saturated heterocycles. The summed E-state index contributed by atoms with van der Waals surface area (Å²) in [6.07, 6.45) is -4.95. The van der Waals surface area contributed by atoms with Gasteiger partial charge in [-0.25, -0.2) is 12.8 Å². The summed E-state index contributed by atoms with van der Waals surface area (Å²) in [5, 5.41) is 7.82. The van der Waals surface area contributed by atoms with Crippen molar-refractivity contribution in [1.82, 2.24) is 0 Å². The van der Waals surface area contributed by atoms with Gasteiger partial charge >= 0.3 is 6.18 Å². The number of hydrogen-bond acceptors (Lipinski definition) is 3. The average Bonchev–Trinajstić information content (AvgIpc) is 2.28. The Morgan fingerprint density at radius 3 is 2.37 bits per heavy atom. The van der Waals surface area contributed by atoms with E-state index >= 15 is 0 Å². The number of benzene rings is 1. The predicted octanol–water partition coefficient (Wildman–Crippen LogP) is 2.95. The van der Waals surface area contributed by atoms with Crippen LogP contribution < -0.4 is 0 Å². The number of nitriles is 1. The molecule has 0 saturated carbocycles. The minimum Gasteiger partial charge on any atom is -0.224 e. The Bertz CT molecular complexity index is 621. The van der Waals surface area contributed by atoms with Crippen LogP contribution in [-0.2, 0) is 9.84 Å². The molecule has 0 heterocycles. The van der Waals surface area contributed by atoms with Gasteiger partial charge in [-0.15, -0.1) is 0 Å². The topological polar surface area (TPSA) is 57.9 Å². The van der Waals surface area contributed by atoms with Gasteiger partial charge in [0.2, 0.25) is 0 Å². The van der Waals surface area contributed by atoms with Crippen LogP contribution in [0.25, 0.3) is 0 Å². The van der Waals surface area contributed by atoms with Crippen LogP contribution in [0.4, 0.5) is 17.6 Å². The van der Waals surface area contributed by atoms with E-state index in [2.05, 4.69) is 0 Å². The van der Waals surface area contributed by atoms with Crippen LogP contribution in [-0.4, -0.2) is 20.3 Å². The van der Waals surface area contributed by atoms with E-state index in [1.165, 1.54) is 0 Å². The standard InChI is InChI=1S/C10H6ClF4NO2S/c11-8-3-7(1-2-9(8)12)19(17,18)5-6(4-16)10(13,14)15/h1-3,6H,5H2. The summed E-state index contributed by atoms with van der Waals surface area (Å²) in [6, 6.07) is 3.11. The van der Waals surface area contributed by atoms with Crippen molar-refractivity contribution in [2.75, 3.05) is 5.75 Å². The molecular weight excluding hydrogens is 310 g/mol. The Morgan fingerprint density at radius 1 is 1.37 bits per heavy atom. The van der Waals surface area contributed by atoms with Crippen LogP contribution in [0.1, 0.15) is 0 Å². The molecule has 9 heteroatoms. The fourth-order valence-electron chi connectivity index (χ4n) is 1.19. The van der Waals surface area contributed by atoms with Gasteiger partial charge in [0, 0.05) is 0 Å². The van der Waals surface area contributed by atoms with Crippen LogP contribution in [0.3, 0.4) is 0 Å². The van der Waals surface area contributed by atoms with E-state index in [-0.39, 0.29) is 0 Å². The molecular formula is C10H6ClF4NO2S. The molecule has 1 rings (SSSR count). The van der Waals surface area contributed by atoms with Crippen molar-refractivity contribution in [3.63, 3.8) is 0 Å². The summed E-state index contributed by atoms with van der Waals surface area (Å²) in [6.45, 7) is 0. The lowest BCUT2D eigenvalue weighted by molar-refractivity contribution is -0.153. The first-order valence-electron chi connectivity index (χ1n) is 4.72. The summed E-state index contributed by atoms with van der Waals surface area (Å²) < 4.78 is 73.2. The predicted molar refractivity (Wildman–Crippen MR) is 58.6 cm³/mol. The summed E-state index contributed by atoms with van der Waals surface area (Å²) in [4.78, 5) is -0.566. The lowest BCUT2D eigenvalue weighted by atomic mass is 10.2. The summed E-state index contributed by atoms with van der Waals surface area (Å²) >= 11 is 5.35. The van der Waals surface area contributed by atoms with Gasteiger partial charge in [0.25, 0.3) is 0 Å². The number of halogens is 5. The third-order valence-corrected chi connectivity index (χ3v) is 4.22. The van der Waals surface area contributed by atoms with E-state index in [4.69, 9.17) is 16.9 Å². The van der Waals surface area contributed by atoms with Crippen molar-refractivity contribution in [3.05, 3.63) is 29.0 Å². The fourth-order valence-corrected chi connectivity index (χ4v) is 2.90. The van der Waals surface area contributed by atoms with E-state index in [9.17, 15) is 26.0 Å². The van der Waals surface area contributed by atoms with Crippen LogP contribution in [0.5, 0.6) is 0 Å². The van der Waals surface area contributed by atoms with Crippen molar-refractivity contribution >= 4 is 21.4 Å². The smallest absolute Gasteiger partial charge is 0.224 e. The SMILES string of the molecule is N#CC(CS(=O)(=O)c1ccc(F)c(Cl)c1)C(F)(F)F. The molecule has 0 amide bonds. The molecule has 0 fully saturated rings. The summed E-state index contributed by atoms with van der Waals surface area (Å²) in [7, 11) is -4.39. The molecule has 0 bridgehead atoms. The number of hydrogen-bond donors (Lipinski definition) is 0. The number of sulfone groups is 1. The highest BCUT2D eigenvalue weighted by Crippen LogP contribution is 2.29. The maximum absolute atomic E-state index is 12.8. The summed E-state index contributed by atoms with van der Waals surface area (Å²) in [5.74, 6) is -4.98. The molecule has 0 spiro atoms. The zero-order chi connectivity index (χ0) is 14.8. The Balaban J connectivity index is 3.12. The molecule has 0 aromatic heterocycles. The molecule has 0 N–H and O–H groups in total. The van der Waals surface area contributed by atoms with Gasteiger partial charge in [0.15, 0.2) is 15.8 Å². The Hall–Kier alpha value is -1.33. The second kappa shape index (κ2) is 5.35. The number of nitrogens with zero attached hydrogens (tertiary/aromatic N) is 1. The Kier molecular flexibility index (Phi) is 4.43. The average molecular weight is 316 g/mol. The lowest BCUT2D eigenvalue weighted by Crippen LogP contribution is -2.28. The molecule has 0 aliphatic carbocycles. The molecule has 1 unspecified atom stereocenters. The van der Waals surface area contributed by atoms with Gasteiger partial charge in [-0.05, 0) is 18.2 Å². The van der Waals surface area contributed by atoms with Gasteiger partial charge in [0.05, 0.1) is 21.7 Å². The molecule has 1 aromatic rings. The monoisotopic (exact) mass is 315 g/mol. The maximum Gasteiger partial charge on any atom is 0.405 e. The summed E-state index contributed by atoms with van der Waals surface area (Å²) in [5.41, 5.74) is 0. The van der Waals surface area contributed by atoms with Crippen LogP contribution in [0.2, 0.25) is 5.02 Å². The second-order valence-electron chi connectivity index (χ2n) is 3.58. The Labute approximate surface area is 111 Å². The molecule has 104 valence electrons. The van der Waals surface area contributed by atoms with E-state index in [1.807, 2.05) is 0 Å². The second-order valence-corrected chi connectivity index (χ2v) is 6.02. The lowest BCUT2D eigenvalue weighted by Gasteiger charge is -2.13. The Morgan fingerprint density at radius 2 is 1.95 bits per heavy atom. The van der Waals surface area contributed by atoms with Gasteiger partial charge in [-0.1, -0.05) is 11.6 Å². The molecule has 0 radical (unpaired) electrons. The van der Waals surface area contributed by atoms with Crippen molar-refractivity contribution < 1.29 is 26.0 Å². The third-order valence-electron chi connectivity index (χ3n) is 2.19. The van der Waals surface area contributed by atoms with E-state index in [0.717, 1.165) is 18.2 Å². The first-order valence-corrected chi connectivity index (χ1v) is 6.75. The van der Waals surface area contributed by atoms with Gasteiger partial charge in [-0.3, -0.25) is 0 Å². The minimum absolute atomic E-state index is 0.526. The number of alkyl halides is 3. The highest BCUT2D eigenvalue weighted by Gasteiger charge is 2.43. The van der Waals surface area contributed by atoms with Gasteiger partial charge in [-0.2, -0.15) is 18.4 Å². The molecule has 3 nitrogen and oxygen atoms in total. The van der Waals surface area contributed by atoms with Gasteiger partial charge < -0.3 is 0 Å². The van der Waals surface area contributed by atoms with Gasteiger partial charge in [0.1, 0.15) is 5.82 Å². The zero-order valence-corrected chi connectivity index (χ0v) is 10.7. The van der Waals surface area contributed by atoms with Crippen LogP contribution in [0, 0.1) is 23.1 Å². The molecule has 1 aromatic carbocycles. The first kappa shape index (κ1) is 15.7. The van der Waals surface area contributed by atoms with Crippen molar-refractivity contribution in [3.8, 4) is 6.07 Å². The van der Waals surface area contributed by atoms with E-state index in [0.29, 0.717) is 6.07 Å². The minimum atomic E-state index is -4.95. The van der Waals surface area contributed by atoms with Crippen molar-refractivity contribution in [1.29, 1.82) is 5.26 Å². The largest absolute Gasteiger partial charge is 0.405 e. The molecule has 1 atom stereocenters. The quantitative estimate of drug-likeness (QED) is 0.636. The normalized spacial score (nSPS) is 13.9. The number of rotatable bonds is 3. The molecule has 19 heavy (non-hydrogen) atoms. The van der Waals surface area contributed by atoms with Crippen molar-refractivity contribution in [2.24, 2.45) is 5.92 Å². The van der Waals surface area contributed by atoms with Crippen LogP contribution >= 0.6 is 11.6 Å². The zero-order valence-electron chi connectivity index (χ0n) is 9.08. The van der Waals surface area contributed by atoms with E-state index < -0.39 is 43.4 Å². The van der Waals surface area contributed by atoms with Crippen LogP contribution in [0.15, 0.2) is 23.1 Å². The van der Waals surface area contributed by atoms with Crippen molar-refractivity contribution in [2.45, 2.75) is 11.1 Å². The maximum atomic E-state index is 12.8. The fraction of sp³-hybridized carbons (Fsp3) is 0.300. The van der Waals surface area contributed by atoms with E-state index in [1.54, 1.807) is 0 Å².